The fourth-order valence-corrected chi connectivity index (χ4v) is 2.16. The van der Waals surface area contributed by atoms with Crippen molar-refractivity contribution in [3.8, 4) is 0 Å². The van der Waals surface area contributed by atoms with Crippen LogP contribution < -0.4 is 5.32 Å². The van der Waals surface area contributed by atoms with E-state index in [1.54, 1.807) is 6.26 Å². The normalized spacial score (nSPS) is 14.3. The lowest BCUT2D eigenvalue weighted by atomic mass is 10.1. The lowest BCUT2D eigenvalue weighted by Crippen LogP contribution is -2.31. The molecule has 1 N–H and O–H groups in total. The van der Waals surface area contributed by atoms with Crippen LogP contribution in [0.2, 0.25) is 0 Å². The van der Waals surface area contributed by atoms with Crippen molar-refractivity contribution in [1.29, 1.82) is 0 Å². The van der Waals surface area contributed by atoms with E-state index < -0.39 is 11.6 Å². The van der Waals surface area contributed by atoms with E-state index in [0.717, 1.165) is 18.2 Å². The van der Waals surface area contributed by atoms with Crippen LogP contribution in [0, 0.1) is 11.6 Å². The summed E-state index contributed by atoms with van der Waals surface area (Å²) in [4.78, 5) is 0. The maximum Gasteiger partial charge on any atom is 0.130 e. The number of nitrogens with one attached hydrogen (secondary N) is 1. The molecule has 2 nitrogen and oxygen atoms in total. The Bertz CT molecular complexity index is 525. The van der Waals surface area contributed by atoms with Crippen molar-refractivity contribution in [2.75, 3.05) is 0 Å². The van der Waals surface area contributed by atoms with Gasteiger partial charge in [-0.05, 0) is 32.0 Å². The Hall–Kier alpha value is -1.68. The van der Waals surface area contributed by atoms with Crippen molar-refractivity contribution in [2.24, 2.45) is 0 Å². The zero-order valence-electron chi connectivity index (χ0n) is 11.0. The van der Waals surface area contributed by atoms with Crippen LogP contribution in [0.1, 0.15) is 31.2 Å². The fourth-order valence-electron chi connectivity index (χ4n) is 2.16. The van der Waals surface area contributed by atoms with E-state index >= 15 is 0 Å². The highest BCUT2D eigenvalue weighted by molar-refractivity contribution is 5.21. The van der Waals surface area contributed by atoms with Gasteiger partial charge in [-0.3, -0.25) is 0 Å². The molecule has 2 aromatic rings. The molecule has 2 atom stereocenters. The first-order valence-corrected chi connectivity index (χ1v) is 6.29. The van der Waals surface area contributed by atoms with Crippen LogP contribution in [0.5, 0.6) is 0 Å². The second-order valence-corrected chi connectivity index (χ2v) is 4.74. The average Bonchev–Trinajstić information content (AvgIpc) is 2.81. The third-order valence-corrected chi connectivity index (χ3v) is 3.05. The summed E-state index contributed by atoms with van der Waals surface area (Å²) in [7, 11) is 0. The molecule has 0 saturated heterocycles. The minimum Gasteiger partial charge on any atom is -0.469 e. The minimum atomic E-state index is -0.558. The van der Waals surface area contributed by atoms with Gasteiger partial charge in [0.1, 0.15) is 17.4 Å². The summed E-state index contributed by atoms with van der Waals surface area (Å²) in [5, 5.41) is 3.27. The van der Waals surface area contributed by atoms with Gasteiger partial charge < -0.3 is 9.73 Å². The Morgan fingerprint density at radius 2 is 2.00 bits per heavy atom. The SMILES string of the molecule is CC(Cc1ccco1)NC(C)c1ccc(F)cc1F. The predicted octanol–water partition coefficient (Wildman–Crippen LogP) is 3.84. The van der Waals surface area contributed by atoms with E-state index in [4.69, 9.17) is 4.42 Å². The fraction of sp³-hybridized carbons (Fsp3) is 0.333. The first kappa shape index (κ1) is 13.7. The summed E-state index contributed by atoms with van der Waals surface area (Å²) in [5.74, 6) is -0.200. The first-order valence-electron chi connectivity index (χ1n) is 6.29. The molecule has 0 radical (unpaired) electrons. The average molecular weight is 265 g/mol. The molecule has 0 amide bonds. The zero-order valence-corrected chi connectivity index (χ0v) is 11.0. The smallest absolute Gasteiger partial charge is 0.130 e. The van der Waals surface area contributed by atoms with Gasteiger partial charge in [0.15, 0.2) is 0 Å². The molecule has 0 aliphatic heterocycles. The lowest BCUT2D eigenvalue weighted by Gasteiger charge is -2.20. The molecular formula is C15H17F2NO. The Labute approximate surface area is 111 Å². The lowest BCUT2D eigenvalue weighted by molar-refractivity contribution is 0.421. The van der Waals surface area contributed by atoms with Crippen molar-refractivity contribution in [2.45, 2.75) is 32.4 Å². The molecule has 1 aromatic heterocycles. The van der Waals surface area contributed by atoms with Crippen LogP contribution in [0.25, 0.3) is 0 Å². The van der Waals surface area contributed by atoms with Crippen LogP contribution in [0.15, 0.2) is 41.0 Å². The third-order valence-electron chi connectivity index (χ3n) is 3.05. The molecule has 1 heterocycles. The molecule has 0 saturated carbocycles. The van der Waals surface area contributed by atoms with Crippen molar-refractivity contribution in [3.63, 3.8) is 0 Å². The number of hydrogen-bond donors (Lipinski definition) is 1. The van der Waals surface area contributed by atoms with Gasteiger partial charge in [0.2, 0.25) is 0 Å². The van der Waals surface area contributed by atoms with Gasteiger partial charge in [-0.1, -0.05) is 6.07 Å². The molecule has 0 fully saturated rings. The largest absolute Gasteiger partial charge is 0.469 e. The molecular weight excluding hydrogens is 248 g/mol. The summed E-state index contributed by atoms with van der Waals surface area (Å²) in [6.45, 7) is 3.86. The summed E-state index contributed by atoms with van der Waals surface area (Å²) in [6, 6.07) is 7.34. The Balaban J connectivity index is 1.98. The van der Waals surface area contributed by atoms with Crippen molar-refractivity contribution < 1.29 is 13.2 Å². The summed E-state index contributed by atoms with van der Waals surface area (Å²) < 4.78 is 31.7. The highest BCUT2D eigenvalue weighted by Crippen LogP contribution is 2.18. The number of furan rings is 1. The molecule has 4 heteroatoms. The molecule has 19 heavy (non-hydrogen) atoms. The molecule has 0 aliphatic carbocycles. The van der Waals surface area contributed by atoms with E-state index in [0.29, 0.717) is 5.56 Å². The van der Waals surface area contributed by atoms with Crippen LogP contribution in [0.4, 0.5) is 8.78 Å². The van der Waals surface area contributed by atoms with E-state index in [1.807, 2.05) is 26.0 Å². The Morgan fingerprint density at radius 3 is 2.63 bits per heavy atom. The van der Waals surface area contributed by atoms with Crippen LogP contribution in [0.3, 0.4) is 0 Å². The monoisotopic (exact) mass is 265 g/mol. The summed E-state index contributed by atoms with van der Waals surface area (Å²) in [6.07, 6.45) is 2.35. The molecule has 0 aliphatic rings. The third kappa shape index (κ3) is 3.64. The predicted molar refractivity (Wildman–Crippen MR) is 69.8 cm³/mol. The van der Waals surface area contributed by atoms with E-state index in [1.165, 1.54) is 12.1 Å². The van der Waals surface area contributed by atoms with Crippen LogP contribution in [-0.4, -0.2) is 6.04 Å². The second kappa shape index (κ2) is 5.97. The second-order valence-electron chi connectivity index (χ2n) is 4.74. The van der Waals surface area contributed by atoms with Gasteiger partial charge in [-0.2, -0.15) is 0 Å². The maximum absolute atomic E-state index is 13.6. The molecule has 102 valence electrons. The summed E-state index contributed by atoms with van der Waals surface area (Å²) in [5.41, 5.74) is 0.465. The van der Waals surface area contributed by atoms with Gasteiger partial charge >= 0.3 is 0 Å². The highest BCUT2D eigenvalue weighted by atomic mass is 19.1. The Kier molecular flexibility index (Phi) is 4.32. The van der Waals surface area contributed by atoms with E-state index in [9.17, 15) is 8.78 Å². The Morgan fingerprint density at radius 1 is 1.21 bits per heavy atom. The van der Waals surface area contributed by atoms with Gasteiger partial charge in [0.25, 0.3) is 0 Å². The summed E-state index contributed by atoms with van der Waals surface area (Å²) >= 11 is 0. The topological polar surface area (TPSA) is 25.2 Å². The number of benzene rings is 1. The van der Waals surface area contributed by atoms with Gasteiger partial charge in [-0.15, -0.1) is 0 Å². The van der Waals surface area contributed by atoms with Crippen molar-refractivity contribution in [3.05, 3.63) is 59.6 Å². The minimum absolute atomic E-state index is 0.130. The molecule has 0 bridgehead atoms. The van der Waals surface area contributed by atoms with Crippen molar-refractivity contribution >= 4 is 0 Å². The molecule has 2 rings (SSSR count). The number of halogens is 2. The van der Waals surface area contributed by atoms with Gasteiger partial charge in [-0.25, -0.2) is 8.78 Å². The number of hydrogen-bond acceptors (Lipinski definition) is 2. The van der Waals surface area contributed by atoms with Crippen LogP contribution in [-0.2, 0) is 6.42 Å². The zero-order chi connectivity index (χ0) is 13.8. The van der Waals surface area contributed by atoms with Gasteiger partial charge in [0.05, 0.1) is 6.26 Å². The molecule has 0 spiro atoms. The quantitative estimate of drug-likeness (QED) is 0.888. The first-order chi connectivity index (χ1) is 9.06. The highest BCUT2D eigenvalue weighted by Gasteiger charge is 2.14. The van der Waals surface area contributed by atoms with Crippen molar-refractivity contribution in [1.82, 2.24) is 5.32 Å². The number of rotatable bonds is 5. The van der Waals surface area contributed by atoms with E-state index in [-0.39, 0.29) is 12.1 Å². The molecule has 2 unspecified atom stereocenters. The standard InChI is InChI=1S/C15H17F2NO/c1-10(8-13-4-3-7-19-13)18-11(2)14-6-5-12(16)9-15(14)17/h3-7,9-11,18H,8H2,1-2H3. The van der Waals surface area contributed by atoms with Crippen LogP contribution >= 0.6 is 0 Å². The maximum atomic E-state index is 13.6. The molecule has 1 aromatic carbocycles. The van der Waals surface area contributed by atoms with Gasteiger partial charge in [0, 0.05) is 30.1 Å². The van der Waals surface area contributed by atoms with E-state index in [2.05, 4.69) is 5.32 Å².